The van der Waals surface area contributed by atoms with E-state index in [1.54, 1.807) is 0 Å². The Hall–Kier alpha value is -1.51. The van der Waals surface area contributed by atoms with E-state index in [1.165, 1.54) is 6.92 Å². The van der Waals surface area contributed by atoms with Crippen LogP contribution in [0.15, 0.2) is 30.3 Å². The second-order valence-electron chi connectivity index (χ2n) is 3.23. The second-order valence-corrected chi connectivity index (χ2v) is 3.23. The molecule has 0 bridgehead atoms. The van der Waals surface area contributed by atoms with Gasteiger partial charge in [-0.05, 0) is 19.1 Å². The Morgan fingerprint density at radius 3 is 2.64 bits per heavy atom. The molecule has 3 nitrogen and oxygen atoms in total. The highest BCUT2D eigenvalue weighted by Gasteiger charge is 2.03. The van der Waals surface area contributed by atoms with Gasteiger partial charge in [-0.15, -0.1) is 0 Å². The third-order valence-electron chi connectivity index (χ3n) is 1.69. The molecular formula is C11H15NO2. The maximum Gasteiger partial charge on any atom is 0.217 e. The first kappa shape index (κ1) is 10.6. The van der Waals surface area contributed by atoms with Crippen LogP contribution in [0, 0.1) is 0 Å². The van der Waals surface area contributed by atoms with Gasteiger partial charge in [0.25, 0.3) is 0 Å². The Morgan fingerprint density at radius 1 is 1.43 bits per heavy atom. The fourth-order valence-corrected chi connectivity index (χ4v) is 1.13. The van der Waals surface area contributed by atoms with Crippen molar-refractivity contribution in [2.24, 2.45) is 0 Å². The van der Waals surface area contributed by atoms with Crippen LogP contribution < -0.4 is 10.1 Å². The molecule has 1 aromatic rings. The Balaban J connectivity index is 2.30. The highest BCUT2D eigenvalue weighted by molar-refractivity contribution is 5.73. The topological polar surface area (TPSA) is 38.3 Å². The Bertz CT molecular complexity index is 285. The molecule has 14 heavy (non-hydrogen) atoms. The standard InChI is InChI=1S/C11H15NO2/c1-9(12-10(2)13)8-14-11-6-4-3-5-7-11/h3-7,9H,8H2,1-2H3,(H,12,13)/t9-/m1/s1. The maximum absolute atomic E-state index is 10.7. The van der Waals surface area contributed by atoms with Crippen LogP contribution in [0.2, 0.25) is 0 Å². The van der Waals surface area contributed by atoms with Crippen molar-refractivity contribution in [1.82, 2.24) is 5.32 Å². The number of hydrogen-bond acceptors (Lipinski definition) is 2. The lowest BCUT2D eigenvalue weighted by Gasteiger charge is -2.13. The molecule has 1 N–H and O–H groups in total. The van der Waals surface area contributed by atoms with E-state index in [2.05, 4.69) is 5.32 Å². The van der Waals surface area contributed by atoms with E-state index in [4.69, 9.17) is 4.74 Å². The van der Waals surface area contributed by atoms with Crippen molar-refractivity contribution < 1.29 is 9.53 Å². The fourth-order valence-electron chi connectivity index (χ4n) is 1.13. The lowest BCUT2D eigenvalue weighted by atomic mass is 10.3. The minimum absolute atomic E-state index is 0.0332. The monoisotopic (exact) mass is 193 g/mol. The van der Waals surface area contributed by atoms with Gasteiger partial charge < -0.3 is 10.1 Å². The summed E-state index contributed by atoms with van der Waals surface area (Å²) in [4.78, 5) is 10.7. The molecule has 0 aliphatic carbocycles. The zero-order valence-corrected chi connectivity index (χ0v) is 8.49. The van der Waals surface area contributed by atoms with Gasteiger partial charge in [0, 0.05) is 6.92 Å². The van der Waals surface area contributed by atoms with E-state index in [-0.39, 0.29) is 11.9 Å². The molecule has 3 heteroatoms. The van der Waals surface area contributed by atoms with Crippen LogP contribution >= 0.6 is 0 Å². The minimum Gasteiger partial charge on any atom is -0.491 e. The van der Waals surface area contributed by atoms with Gasteiger partial charge in [-0.25, -0.2) is 0 Å². The summed E-state index contributed by atoms with van der Waals surface area (Å²) in [6.45, 7) is 3.90. The summed E-state index contributed by atoms with van der Waals surface area (Å²) < 4.78 is 5.45. The zero-order valence-electron chi connectivity index (χ0n) is 8.49. The minimum atomic E-state index is -0.0332. The van der Waals surface area contributed by atoms with Crippen LogP contribution in [0.3, 0.4) is 0 Å². The third-order valence-corrected chi connectivity index (χ3v) is 1.69. The molecule has 0 spiro atoms. The average Bonchev–Trinajstić information content (AvgIpc) is 2.15. The number of ether oxygens (including phenoxy) is 1. The fraction of sp³-hybridized carbons (Fsp3) is 0.364. The van der Waals surface area contributed by atoms with Gasteiger partial charge >= 0.3 is 0 Å². The van der Waals surface area contributed by atoms with Crippen LogP contribution in [0.4, 0.5) is 0 Å². The number of amides is 1. The first-order valence-electron chi connectivity index (χ1n) is 4.63. The summed E-state index contributed by atoms with van der Waals surface area (Å²) in [6.07, 6.45) is 0. The van der Waals surface area contributed by atoms with Crippen LogP contribution in [0.25, 0.3) is 0 Å². The number of para-hydroxylation sites is 1. The molecular weight excluding hydrogens is 178 g/mol. The highest BCUT2D eigenvalue weighted by Crippen LogP contribution is 2.08. The average molecular weight is 193 g/mol. The molecule has 0 heterocycles. The summed E-state index contributed by atoms with van der Waals surface area (Å²) in [5.41, 5.74) is 0. The molecule has 0 aliphatic heterocycles. The largest absolute Gasteiger partial charge is 0.491 e. The summed E-state index contributed by atoms with van der Waals surface area (Å²) in [7, 11) is 0. The van der Waals surface area contributed by atoms with Gasteiger partial charge in [0.05, 0.1) is 6.04 Å². The van der Waals surface area contributed by atoms with Gasteiger partial charge in [-0.1, -0.05) is 18.2 Å². The number of benzene rings is 1. The number of carbonyl (C=O) groups is 1. The molecule has 0 unspecified atom stereocenters. The Morgan fingerprint density at radius 2 is 2.07 bits per heavy atom. The predicted octanol–water partition coefficient (Wildman–Crippen LogP) is 1.59. The van der Waals surface area contributed by atoms with Crippen molar-refractivity contribution >= 4 is 5.91 Å². The van der Waals surface area contributed by atoms with Crippen molar-refractivity contribution in [2.75, 3.05) is 6.61 Å². The lowest BCUT2D eigenvalue weighted by Crippen LogP contribution is -2.35. The Labute approximate surface area is 84.1 Å². The van der Waals surface area contributed by atoms with Crippen LogP contribution in [0.5, 0.6) is 5.75 Å². The first-order chi connectivity index (χ1) is 6.68. The molecule has 1 aromatic carbocycles. The quantitative estimate of drug-likeness (QED) is 0.788. The van der Waals surface area contributed by atoms with Crippen LogP contribution in [0.1, 0.15) is 13.8 Å². The molecule has 1 rings (SSSR count). The summed E-state index contributed by atoms with van der Waals surface area (Å²) in [5.74, 6) is 0.791. The predicted molar refractivity (Wildman–Crippen MR) is 55.2 cm³/mol. The molecule has 1 amide bonds. The van der Waals surface area contributed by atoms with Crippen molar-refractivity contribution in [1.29, 1.82) is 0 Å². The number of hydrogen-bond donors (Lipinski definition) is 1. The summed E-state index contributed by atoms with van der Waals surface area (Å²) >= 11 is 0. The van der Waals surface area contributed by atoms with Crippen LogP contribution in [-0.4, -0.2) is 18.6 Å². The number of rotatable bonds is 4. The van der Waals surface area contributed by atoms with Crippen molar-refractivity contribution in [3.05, 3.63) is 30.3 Å². The van der Waals surface area contributed by atoms with Gasteiger partial charge in [0.2, 0.25) is 5.91 Å². The molecule has 0 radical (unpaired) electrons. The lowest BCUT2D eigenvalue weighted by molar-refractivity contribution is -0.119. The third kappa shape index (κ3) is 3.94. The number of carbonyl (C=O) groups excluding carboxylic acids is 1. The molecule has 1 atom stereocenters. The summed E-state index contributed by atoms with van der Waals surface area (Å²) in [6, 6.07) is 9.58. The molecule has 0 saturated heterocycles. The van der Waals surface area contributed by atoms with Gasteiger partial charge in [0.1, 0.15) is 12.4 Å². The molecule has 0 aliphatic rings. The molecule has 0 fully saturated rings. The molecule has 0 saturated carbocycles. The summed E-state index contributed by atoms with van der Waals surface area (Å²) in [5, 5.41) is 2.75. The first-order valence-corrected chi connectivity index (χ1v) is 4.63. The molecule has 0 aromatic heterocycles. The van der Waals surface area contributed by atoms with E-state index in [0.717, 1.165) is 5.75 Å². The SMILES string of the molecule is CC(=O)N[C@H](C)COc1ccccc1. The maximum atomic E-state index is 10.7. The molecule has 76 valence electrons. The smallest absolute Gasteiger partial charge is 0.217 e. The van der Waals surface area contributed by atoms with Gasteiger partial charge in [-0.2, -0.15) is 0 Å². The highest BCUT2D eigenvalue weighted by atomic mass is 16.5. The van der Waals surface area contributed by atoms with E-state index in [9.17, 15) is 4.79 Å². The number of nitrogens with one attached hydrogen (secondary N) is 1. The van der Waals surface area contributed by atoms with Crippen molar-refractivity contribution in [3.63, 3.8) is 0 Å². The zero-order chi connectivity index (χ0) is 10.4. The van der Waals surface area contributed by atoms with E-state index in [0.29, 0.717) is 6.61 Å². The van der Waals surface area contributed by atoms with E-state index in [1.807, 2.05) is 37.3 Å². The van der Waals surface area contributed by atoms with Gasteiger partial charge in [-0.3, -0.25) is 4.79 Å². The van der Waals surface area contributed by atoms with E-state index >= 15 is 0 Å². The Kier molecular flexibility index (Phi) is 3.98. The van der Waals surface area contributed by atoms with E-state index < -0.39 is 0 Å². The van der Waals surface area contributed by atoms with Crippen molar-refractivity contribution in [2.45, 2.75) is 19.9 Å². The second kappa shape index (κ2) is 5.27. The van der Waals surface area contributed by atoms with Gasteiger partial charge in [0.15, 0.2) is 0 Å². The van der Waals surface area contributed by atoms with Crippen molar-refractivity contribution in [3.8, 4) is 5.75 Å². The van der Waals surface area contributed by atoms with Crippen LogP contribution in [-0.2, 0) is 4.79 Å². The normalized spacial score (nSPS) is 11.9.